The molecule has 2 heterocycles. The van der Waals surface area contributed by atoms with Crippen molar-refractivity contribution in [2.24, 2.45) is 0 Å². The number of hydrogen-bond donors (Lipinski definition) is 1. The SMILES string of the molecule is COC(=O)C1=C(C(=O)OC)C2(C)C=CC=CN2N1C(O)OC. The van der Waals surface area contributed by atoms with Crippen LogP contribution >= 0.6 is 0 Å². The molecule has 22 heavy (non-hydrogen) atoms. The summed E-state index contributed by atoms with van der Waals surface area (Å²) in [7, 11) is 3.68. The fraction of sp³-hybridized carbons (Fsp3) is 0.429. The molecule has 0 aromatic heterocycles. The second kappa shape index (κ2) is 5.82. The van der Waals surface area contributed by atoms with Gasteiger partial charge in [0.15, 0.2) is 5.70 Å². The molecular weight excluding hydrogens is 292 g/mol. The molecule has 0 saturated carbocycles. The molecule has 0 fully saturated rings. The van der Waals surface area contributed by atoms with Gasteiger partial charge in [-0.2, -0.15) is 0 Å². The Morgan fingerprint density at radius 3 is 2.36 bits per heavy atom. The van der Waals surface area contributed by atoms with Crippen LogP contribution in [0.1, 0.15) is 6.92 Å². The second-order valence-electron chi connectivity index (χ2n) is 4.81. The van der Waals surface area contributed by atoms with Gasteiger partial charge in [0.05, 0.1) is 14.2 Å². The largest absolute Gasteiger partial charge is 0.466 e. The van der Waals surface area contributed by atoms with Crippen LogP contribution in [0.15, 0.2) is 35.7 Å². The third-order valence-electron chi connectivity index (χ3n) is 3.63. The summed E-state index contributed by atoms with van der Waals surface area (Å²) in [5, 5.41) is 12.8. The highest BCUT2D eigenvalue weighted by Crippen LogP contribution is 2.42. The van der Waals surface area contributed by atoms with E-state index in [1.807, 2.05) is 0 Å². The predicted molar refractivity (Wildman–Crippen MR) is 74.4 cm³/mol. The summed E-state index contributed by atoms with van der Waals surface area (Å²) < 4.78 is 14.4. The molecule has 2 atom stereocenters. The Balaban J connectivity index is 2.70. The molecular formula is C14H18N2O6. The van der Waals surface area contributed by atoms with E-state index in [1.54, 1.807) is 31.4 Å². The molecule has 8 nitrogen and oxygen atoms in total. The van der Waals surface area contributed by atoms with Gasteiger partial charge in [0.25, 0.3) is 6.41 Å². The van der Waals surface area contributed by atoms with Crippen molar-refractivity contribution in [3.05, 3.63) is 35.7 Å². The number of fused-ring (bicyclic) bond motifs is 1. The number of hydrogen-bond acceptors (Lipinski definition) is 8. The summed E-state index contributed by atoms with van der Waals surface area (Å²) in [6, 6.07) is 0. The molecule has 0 aromatic carbocycles. The van der Waals surface area contributed by atoms with Gasteiger partial charge in [-0.1, -0.05) is 12.2 Å². The summed E-state index contributed by atoms with van der Waals surface area (Å²) >= 11 is 0. The van der Waals surface area contributed by atoms with Crippen molar-refractivity contribution < 1.29 is 28.9 Å². The number of rotatable bonds is 4. The first-order valence-corrected chi connectivity index (χ1v) is 6.49. The van der Waals surface area contributed by atoms with Crippen LogP contribution in [0.25, 0.3) is 0 Å². The maximum Gasteiger partial charge on any atom is 0.357 e. The first kappa shape index (κ1) is 16.1. The molecule has 0 amide bonds. The molecule has 0 bridgehead atoms. The van der Waals surface area contributed by atoms with E-state index in [-0.39, 0.29) is 11.3 Å². The number of esters is 2. The molecule has 0 aromatic rings. The highest BCUT2D eigenvalue weighted by molar-refractivity contribution is 6.03. The number of allylic oxidation sites excluding steroid dienone is 2. The van der Waals surface area contributed by atoms with Crippen molar-refractivity contribution in [2.75, 3.05) is 21.3 Å². The molecule has 8 heteroatoms. The van der Waals surface area contributed by atoms with Gasteiger partial charge in [-0.3, -0.25) is 5.01 Å². The van der Waals surface area contributed by atoms with Gasteiger partial charge in [-0.05, 0) is 13.0 Å². The molecule has 2 rings (SSSR count). The van der Waals surface area contributed by atoms with Crippen molar-refractivity contribution in [1.29, 1.82) is 0 Å². The van der Waals surface area contributed by atoms with Gasteiger partial charge in [-0.25, -0.2) is 14.6 Å². The lowest BCUT2D eigenvalue weighted by Gasteiger charge is -2.41. The lowest BCUT2D eigenvalue weighted by Crippen LogP contribution is -2.52. The van der Waals surface area contributed by atoms with Gasteiger partial charge in [-0.15, -0.1) is 0 Å². The zero-order valence-corrected chi connectivity index (χ0v) is 12.8. The average Bonchev–Trinajstić information content (AvgIpc) is 2.81. The predicted octanol–water partition coefficient (Wildman–Crippen LogP) is -0.116. The summed E-state index contributed by atoms with van der Waals surface area (Å²) in [5.41, 5.74) is -1.09. The molecule has 2 aliphatic heterocycles. The van der Waals surface area contributed by atoms with Gasteiger partial charge in [0.2, 0.25) is 0 Å². The van der Waals surface area contributed by atoms with Crippen LogP contribution in [0.3, 0.4) is 0 Å². The quantitative estimate of drug-likeness (QED) is 0.568. The zero-order valence-electron chi connectivity index (χ0n) is 12.8. The number of aliphatic hydroxyl groups is 1. The summed E-state index contributed by atoms with van der Waals surface area (Å²) in [6.45, 7) is 1.71. The van der Waals surface area contributed by atoms with E-state index in [9.17, 15) is 14.7 Å². The molecule has 120 valence electrons. The Labute approximate surface area is 127 Å². The topological polar surface area (TPSA) is 88.5 Å². The van der Waals surface area contributed by atoms with E-state index >= 15 is 0 Å². The number of methoxy groups -OCH3 is 3. The van der Waals surface area contributed by atoms with Crippen LogP contribution in [0.4, 0.5) is 0 Å². The van der Waals surface area contributed by atoms with Crippen molar-refractivity contribution in [2.45, 2.75) is 18.9 Å². The van der Waals surface area contributed by atoms with Crippen molar-refractivity contribution in [3.63, 3.8) is 0 Å². The maximum atomic E-state index is 12.2. The van der Waals surface area contributed by atoms with Crippen LogP contribution in [0, 0.1) is 0 Å². The normalized spacial score (nSPS) is 24.4. The standard InChI is InChI=1S/C14H18N2O6/c1-14-7-5-6-8-15(14)16(13(19)22-4)10(12(18)21-3)9(14)11(17)20-2/h5-8,13,19H,1-4H3. The highest BCUT2D eigenvalue weighted by Gasteiger charge is 2.54. The molecule has 2 unspecified atom stereocenters. The number of hydrazine groups is 1. The highest BCUT2D eigenvalue weighted by atomic mass is 16.6. The zero-order chi connectivity index (χ0) is 16.5. The van der Waals surface area contributed by atoms with Crippen LogP contribution < -0.4 is 0 Å². The summed E-state index contributed by atoms with van der Waals surface area (Å²) in [4.78, 5) is 24.4. The van der Waals surface area contributed by atoms with Crippen LogP contribution in [-0.4, -0.2) is 60.3 Å². The lowest BCUT2D eigenvalue weighted by molar-refractivity contribution is -0.227. The summed E-state index contributed by atoms with van der Waals surface area (Å²) in [5.74, 6) is -1.48. The van der Waals surface area contributed by atoms with E-state index in [0.717, 1.165) is 5.01 Å². The van der Waals surface area contributed by atoms with Gasteiger partial charge in [0, 0.05) is 13.3 Å². The Morgan fingerprint density at radius 2 is 1.82 bits per heavy atom. The first-order chi connectivity index (χ1) is 10.4. The third kappa shape index (κ3) is 2.16. The monoisotopic (exact) mass is 310 g/mol. The Bertz CT molecular complexity index is 582. The maximum absolute atomic E-state index is 12.2. The minimum atomic E-state index is -1.48. The second-order valence-corrected chi connectivity index (χ2v) is 4.81. The molecule has 0 spiro atoms. The first-order valence-electron chi connectivity index (χ1n) is 6.49. The van der Waals surface area contributed by atoms with E-state index in [0.29, 0.717) is 0 Å². The smallest absolute Gasteiger partial charge is 0.357 e. The summed E-state index contributed by atoms with van der Waals surface area (Å²) in [6.07, 6.45) is 5.28. The molecule has 2 aliphatic rings. The fourth-order valence-electron chi connectivity index (χ4n) is 2.58. The van der Waals surface area contributed by atoms with Crippen LogP contribution in [-0.2, 0) is 23.8 Å². The Kier molecular flexibility index (Phi) is 4.25. The molecule has 0 saturated heterocycles. The van der Waals surface area contributed by atoms with Crippen molar-refractivity contribution in [1.82, 2.24) is 10.0 Å². The van der Waals surface area contributed by atoms with Gasteiger partial charge >= 0.3 is 11.9 Å². The fourth-order valence-corrected chi connectivity index (χ4v) is 2.58. The minimum absolute atomic E-state index is 0.0542. The number of carbonyl (C=O) groups is 2. The van der Waals surface area contributed by atoms with E-state index in [4.69, 9.17) is 14.2 Å². The molecule has 0 aliphatic carbocycles. The van der Waals surface area contributed by atoms with E-state index in [1.165, 1.54) is 26.3 Å². The van der Waals surface area contributed by atoms with Gasteiger partial charge in [0.1, 0.15) is 11.1 Å². The Hall–Kier alpha value is -2.32. The number of carbonyl (C=O) groups excluding carboxylic acids is 2. The number of nitrogens with zero attached hydrogens (tertiary/aromatic N) is 2. The van der Waals surface area contributed by atoms with E-state index < -0.39 is 23.9 Å². The van der Waals surface area contributed by atoms with E-state index in [2.05, 4.69) is 0 Å². The number of aliphatic hydroxyl groups excluding tert-OH is 1. The van der Waals surface area contributed by atoms with Crippen LogP contribution in [0.5, 0.6) is 0 Å². The average molecular weight is 310 g/mol. The lowest BCUT2D eigenvalue weighted by atomic mass is 9.89. The third-order valence-corrected chi connectivity index (χ3v) is 3.63. The number of ether oxygens (including phenoxy) is 3. The van der Waals surface area contributed by atoms with Gasteiger partial charge < -0.3 is 19.3 Å². The van der Waals surface area contributed by atoms with Crippen molar-refractivity contribution >= 4 is 11.9 Å². The van der Waals surface area contributed by atoms with Crippen LogP contribution in [0.2, 0.25) is 0 Å². The van der Waals surface area contributed by atoms with Crippen molar-refractivity contribution in [3.8, 4) is 0 Å². The molecule has 1 N–H and O–H groups in total. The minimum Gasteiger partial charge on any atom is -0.466 e. The molecule has 0 radical (unpaired) electrons. The Morgan fingerprint density at radius 1 is 1.18 bits per heavy atom.